The summed E-state index contributed by atoms with van der Waals surface area (Å²) in [6.07, 6.45) is 0.105. The molecule has 3 N–H and O–H groups in total. The largest absolute Gasteiger partial charge is 0.464 e. The summed E-state index contributed by atoms with van der Waals surface area (Å²) in [6, 6.07) is 6.77. The molecule has 1 unspecified atom stereocenters. The molecule has 0 aliphatic heterocycles. The van der Waals surface area contributed by atoms with E-state index >= 15 is 0 Å². The van der Waals surface area contributed by atoms with Crippen LogP contribution in [0.2, 0.25) is 0 Å². The number of hydrogen-bond donors (Lipinski definition) is 3. The highest BCUT2D eigenvalue weighted by Crippen LogP contribution is 2.26. The molecule has 0 bridgehead atoms. The lowest BCUT2D eigenvalue weighted by molar-refractivity contribution is -0.153. The van der Waals surface area contributed by atoms with Gasteiger partial charge in [-0.05, 0) is 6.92 Å². The lowest BCUT2D eigenvalue weighted by Gasteiger charge is -2.13. The first-order valence-corrected chi connectivity index (χ1v) is 5.85. The number of ether oxygens (including phenoxy) is 1. The Kier molecular flexibility index (Phi) is 3.82. The van der Waals surface area contributed by atoms with Crippen LogP contribution in [0.4, 0.5) is 0 Å². The SMILES string of the molecule is CCOC(=O)C(O)c1ccccc1-c1c[nH]c(=O)[nH]1. The molecule has 0 saturated carbocycles. The summed E-state index contributed by atoms with van der Waals surface area (Å²) in [7, 11) is 0. The predicted molar refractivity (Wildman–Crippen MR) is 68.4 cm³/mol. The summed E-state index contributed by atoms with van der Waals surface area (Å²) in [4.78, 5) is 27.8. The van der Waals surface area contributed by atoms with Gasteiger partial charge >= 0.3 is 11.7 Å². The number of esters is 1. The van der Waals surface area contributed by atoms with E-state index in [1.54, 1.807) is 31.2 Å². The van der Waals surface area contributed by atoms with Crippen molar-refractivity contribution in [3.63, 3.8) is 0 Å². The van der Waals surface area contributed by atoms with Crippen molar-refractivity contribution in [2.24, 2.45) is 0 Å². The summed E-state index contributed by atoms with van der Waals surface area (Å²) in [5, 5.41) is 9.99. The van der Waals surface area contributed by atoms with Crippen LogP contribution >= 0.6 is 0 Å². The van der Waals surface area contributed by atoms with Gasteiger partial charge in [-0.1, -0.05) is 24.3 Å². The van der Waals surface area contributed by atoms with Crippen molar-refractivity contribution in [1.82, 2.24) is 9.97 Å². The fraction of sp³-hybridized carbons (Fsp3) is 0.231. The second-order valence-electron chi connectivity index (χ2n) is 3.90. The zero-order chi connectivity index (χ0) is 13.8. The summed E-state index contributed by atoms with van der Waals surface area (Å²) in [5.41, 5.74) is 1.11. The number of carbonyl (C=O) groups is 1. The molecule has 100 valence electrons. The maximum Gasteiger partial charge on any atom is 0.339 e. The van der Waals surface area contributed by atoms with Crippen molar-refractivity contribution in [3.8, 4) is 11.3 Å². The van der Waals surface area contributed by atoms with Gasteiger partial charge in [0, 0.05) is 17.3 Å². The van der Waals surface area contributed by atoms with Crippen LogP contribution in [0.15, 0.2) is 35.3 Å². The molecule has 2 rings (SSSR count). The number of carbonyl (C=O) groups excluding carboxylic acids is 1. The number of aliphatic hydroxyl groups is 1. The van der Waals surface area contributed by atoms with Crippen molar-refractivity contribution >= 4 is 5.97 Å². The van der Waals surface area contributed by atoms with E-state index in [0.717, 1.165) is 0 Å². The van der Waals surface area contributed by atoms with Gasteiger partial charge in [-0.25, -0.2) is 9.59 Å². The monoisotopic (exact) mass is 262 g/mol. The van der Waals surface area contributed by atoms with E-state index < -0.39 is 12.1 Å². The van der Waals surface area contributed by atoms with Crippen LogP contribution in [-0.2, 0) is 9.53 Å². The van der Waals surface area contributed by atoms with E-state index in [2.05, 4.69) is 9.97 Å². The van der Waals surface area contributed by atoms with Gasteiger partial charge in [0.1, 0.15) is 0 Å². The lowest BCUT2D eigenvalue weighted by Crippen LogP contribution is -2.16. The van der Waals surface area contributed by atoms with Gasteiger partial charge in [0.15, 0.2) is 6.10 Å². The van der Waals surface area contributed by atoms with Crippen molar-refractivity contribution in [2.45, 2.75) is 13.0 Å². The summed E-state index contributed by atoms with van der Waals surface area (Å²) >= 11 is 0. The molecule has 1 aromatic heterocycles. The van der Waals surface area contributed by atoms with E-state index in [0.29, 0.717) is 16.8 Å². The molecule has 0 saturated heterocycles. The first-order valence-electron chi connectivity index (χ1n) is 5.85. The third kappa shape index (κ3) is 2.74. The van der Waals surface area contributed by atoms with Gasteiger partial charge < -0.3 is 19.8 Å². The van der Waals surface area contributed by atoms with Gasteiger partial charge in [-0.2, -0.15) is 0 Å². The average molecular weight is 262 g/mol. The van der Waals surface area contributed by atoms with Crippen LogP contribution in [-0.4, -0.2) is 27.7 Å². The number of aromatic nitrogens is 2. The van der Waals surface area contributed by atoms with Crippen molar-refractivity contribution in [1.29, 1.82) is 0 Å². The number of aromatic amines is 2. The molecule has 0 amide bonds. The minimum atomic E-state index is -1.38. The highest BCUT2D eigenvalue weighted by atomic mass is 16.5. The molecule has 1 atom stereocenters. The maximum atomic E-state index is 11.6. The Bertz CT molecular complexity index is 629. The third-order valence-corrected chi connectivity index (χ3v) is 2.65. The second kappa shape index (κ2) is 5.53. The number of imidazole rings is 1. The van der Waals surface area contributed by atoms with E-state index in [9.17, 15) is 14.7 Å². The van der Waals surface area contributed by atoms with Gasteiger partial charge in [-0.3, -0.25) is 0 Å². The Morgan fingerprint density at radius 2 is 2.16 bits per heavy atom. The molecule has 1 heterocycles. The number of H-pyrrole nitrogens is 2. The zero-order valence-corrected chi connectivity index (χ0v) is 10.3. The topological polar surface area (TPSA) is 95.2 Å². The predicted octanol–water partition coefficient (Wildman–Crippen LogP) is 0.966. The smallest absolute Gasteiger partial charge is 0.339 e. The van der Waals surface area contributed by atoms with Gasteiger partial charge in [0.25, 0.3) is 0 Å². The molecule has 2 aromatic rings. The van der Waals surface area contributed by atoms with Crippen LogP contribution in [0, 0.1) is 0 Å². The van der Waals surface area contributed by atoms with E-state index in [1.807, 2.05) is 0 Å². The fourth-order valence-corrected chi connectivity index (χ4v) is 1.81. The number of benzene rings is 1. The van der Waals surface area contributed by atoms with Crippen molar-refractivity contribution in [2.75, 3.05) is 6.61 Å². The Balaban J connectivity index is 2.41. The third-order valence-electron chi connectivity index (χ3n) is 2.65. The van der Waals surface area contributed by atoms with Crippen LogP contribution in [0.1, 0.15) is 18.6 Å². The summed E-state index contributed by atoms with van der Waals surface area (Å²) in [5.74, 6) is -0.715. The summed E-state index contributed by atoms with van der Waals surface area (Å²) < 4.78 is 4.79. The molecule has 0 aliphatic rings. The Morgan fingerprint density at radius 1 is 1.42 bits per heavy atom. The minimum absolute atomic E-state index is 0.194. The number of nitrogens with one attached hydrogen (secondary N) is 2. The van der Waals surface area contributed by atoms with E-state index in [1.165, 1.54) is 6.20 Å². The first-order chi connectivity index (χ1) is 9.13. The molecule has 19 heavy (non-hydrogen) atoms. The van der Waals surface area contributed by atoms with Crippen molar-refractivity contribution < 1.29 is 14.6 Å². The average Bonchev–Trinajstić information content (AvgIpc) is 2.85. The standard InChI is InChI=1S/C13H14N2O4/c1-2-19-12(17)11(16)9-6-4-3-5-8(9)10-7-14-13(18)15-10/h3-7,11,16H,2H2,1H3,(H2,14,15,18). The fourth-order valence-electron chi connectivity index (χ4n) is 1.81. The molecule has 0 spiro atoms. The highest BCUT2D eigenvalue weighted by molar-refractivity contribution is 5.80. The van der Waals surface area contributed by atoms with Crippen LogP contribution in [0.25, 0.3) is 11.3 Å². The molecular weight excluding hydrogens is 248 g/mol. The van der Waals surface area contributed by atoms with E-state index in [4.69, 9.17) is 4.74 Å². The van der Waals surface area contributed by atoms with Crippen LogP contribution in [0.3, 0.4) is 0 Å². The molecular formula is C13H14N2O4. The van der Waals surface area contributed by atoms with Crippen molar-refractivity contribution in [3.05, 3.63) is 46.5 Å². The quantitative estimate of drug-likeness (QED) is 0.715. The number of rotatable bonds is 4. The first kappa shape index (κ1) is 13.1. The zero-order valence-electron chi connectivity index (χ0n) is 10.3. The van der Waals surface area contributed by atoms with E-state index in [-0.39, 0.29) is 12.3 Å². The normalized spacial score (nSPS) is 12.1. The molecule has 6 nitrogen and oxygen atoms in total. The number of aliphatic hydroxyl groups excluding tert-OH is 1. The highest BCUT2D eigenvalue weighted by Gasteiger charge is 2.22. The lowest BCUT2D eigenvalue weighted by atomic mass is 10.0. The molecule has 0 radical (unpaired) electrons. The second-order valence-corrected chi connectivity index (χ2v) is 3.90. The number of hydrogen-bond acceptors (Lipinski definition) is 4. The molecule has 1 aromatic carbocycles. The minimum Gasteiger partial charge on any atom is -0.464 e. The Labute approximate surface area is 109 Å². The molecule has 6 heteroatoms. The van der Waals surface area contributed by atoms with Crippen LogP contribution in [0.5, 0.6) is 0 Å². The molecule has 0 aliphatic carbocycles. The van der Waals surface area contributed by atoms with Gasteiger partial charge in [0.05, 0.1) is 12.3 Å². The van der Waals surface area contributed by atoms with Crippen LogP contribution < -0.4 is 5.69 Å². The molecule has 0 fully saturated rings. The van der Waals surface area contributed by atoms with Gasteiger partial charge in [-0.15, -0.1) is 0 Å². The Hall–Kier alpha value is -2.34. The Morgan fingerprint density at radius 3 is 2.79 bits per heavy atom. The maximum absolute atomic E-state index is 11.6. The van der Waals surface area contributed by atoms with Gasteiger partial charge in [0.2, 0.25) is 0 Å². The summed E-state index contributed by atoms with van der Waals surface area (Å²) in [6.45, 7) is 1.86.